The van der Waals surface area contributed by atoms with E-state index in [4.69, 9.17) is 5.11 Å². The summed E-state index contributed by atoms with van der Waals surface area (Å²) in [6, 6.07) is 10.2. The smallest absolute Gasteiger partial charge is 0.233 e. The number of aliphatic hydroxyl groups excluding tert-OH is 1. The Morgan fingerprint density at radius 3 is 2.84 bits per heavy atom. The second-order valence-electron chi connectivity index (χ2n) is 5.56. The van der Waals surface area contributed by atoms with E-state index in [9.17, 15) is 4.79 Å². The molecule has 3 rings (SSSR count). The Morgan fingerprint density at radius 2 is 2.08 bits per heavy atom. The summed E-state index contributed by atoms with van der Waals surface area (Å²) >= 11 is 6.80. The highest BCUT2D eigenvalue weighted by atomic mass is 79.9. The zero-order chi connectivity index (χ0) is 17.6. The number of halogens is 1. The summed E-state index contributed by atoms with van der Waals surface area (Å²) in [7, 11) is 0. The molecule has 25 heavy (non-hydrogen) atoms. The van der Waals surface area contributed by atoms with Gasteiger partial charge in [-0.3, -0.25) is 9.78 Å². The SMILES string of the molecule is O=C1CSC(c2cnccc2-c2ccc(Br)cc2)N1CCSCCO. The second kappa shape index (κ2) is 9.07. The second-order valence-corrected chi connectivity index (χ2v) is 8.77. The third-order valence-electron chi connectivity index (χ3n) is 3.95. The van der Waals surface area contributed by atoms with Gasteiger partial charge in [-0.1, -0.05) is 28.1 Å². The molecule has 0 aliphatic carbocycles. The Hall–Kier alpha value is -1.02. The number of pyridine rings is 1. The summed E-state index contributed by atoms with van der Waals surface area (Å²) in [6.45, 7) is 0.864. The van der Waals surface area contributed by atoms with E-state index >= 15 is 0 Å². The summed E-state index contributed by atoms with van der Waals surface area (Å²) in [5.74, 6) is 2.21. The minimum atomic E-state index is -0.00502. The Labute approximate surface area is 164 Å². The zero-order valence-corrected chi connectivity index (χ0v) is 16.8. The minimum Gasteiger partial charge on any atom is -0.396 e. The molecule has 1 aromatic heterocycles. The van der Waals surface area contributed by atoms with E-state index in [1.54, 1.807) is 29.7 Å². The Kier molecular flexibility index (Phi) is 6.81. The number of amides is 1. The molecular formula is C18H19BrN2O2S2. The van der Waals surface area contributed by atoms with Crippen molar-refractivity contribution >= 4 is 45.4 Å². The molecule has 0 spiro atoms. The highest BCUT2D eigenvalue weighted by molar-refractivity contribution is 9.10. The molecule has 1 aliphatic heterocycles. The predicted molar refractivity (Wildman–Crippen MR) is 109 cm³/mol. The van der Waals surface area contributed by atoms with Crippen LogP contribution in [0.3, 0.4) is 0 Å². The highest BCUT2D eigenvalue weighted by Gasteiger charge is 2.34. The van der Waals surface area contributed by atoms with Gasteiger partial charge in [0.15, 0.2) is 0 Å². The van der Waals surface area contributed by atoms with Gasteiger partial charge in [0, 0.05) is 40.5 Å². The van der Waals surface area contributed by atoms with E-state index in [0.717, 1.165) is 26.9 Å². The Balaban J connectivity index is 1.85. The first-order valence-corrected chi connectivity index (χ1v) is 11.0. The lowest BCUT2D eigenvalue weighted by atomic mass is 10.0. The van der Waals surface area contributed by atoms with Gasteiger partial charge < -0.3 is 10.0 Å². The molecule has 0 radical (unpaired) electrons. The van der Waals surface area contributed by atoms with Gasteiger partial charge in [0.1, 0.15) is 5.37 Å². The van der Waals surface area contributed by atoms with Crippen molar-refractivity contribution in [3.8, 4) is 11.1 Å². The number of thioether (sulfide) groups is 2. The van der Waals surface area contributed by atoms with Gasteiger partial charge in [-0.25, -0.2) is 0 Å². The largest absolute Gasteiger partial charge is 0.396 e. The Morgan fingerprint density at radius 1 is 1.28 bits per heavy atom. The van der Waals surface area contributed by atoms with Crippen LogP contribution in [0.15, 0.2) is 47.2 Å². The molecule has 4 nitrogen and oxygen atoms in total. The van der Waals surface area contributed by atoms with Crippen molar-refractivity contribution in [2.24, 2.45) is 0 Å². The first kappa shape index (κ1) is 18.8. The van der Waals surface area contributed by atoms with Crippen molar-refractivity contribution in [3.63, 3.8) is 0 Å². The van der Waals surface area contributed by atoms with Crippen molar-refractivity contribution in [2.75, 3.05) is 30.4 Å². The van der Waals surface area contributed by atoms with Crippen LogP contribution in [0.25, 0.3) is 11.1 Å². The summed E-state index contributed by atoms with van der Waals surface area (Å²) in [6.07, 6.45) is 3.67. The standard InChI is InChI=1S/C18H19BrN2O2S2/c19-14-3-1-13(2-4-14)15-5-6-20-11-16(15)18-21(17(23)12-25-18)7-9-24-10-8-22/h1-6,11,18,22H,7-10,12H2. The van der Waals surface area contributed by atoms with Crippen LogP contribution in [0.5, 0.6) is 0 Å². The number of carbonyl (C=O) groups excluding carboxylic acids is 1. The fraction of sp³-hybridized carbons (Fsp3) is 0.333. The molecule has 0 saturated carbocycles. The number of hydrogen-bond donors (Lipinski definition) is 1. The predicted octanol–water partition coefficient (Wildman–Crippen LogP) is 3.81. The first-order valence-electron chi connectivity index (χ1n) is 8.00. The monoisotopic (exact) mass is 438 g/mol. The maximum absolute atomic E-state index is 12.3. The van der Waals surface area contributed by atoms with Crippen molar-refractivity contribution in [1.82, 2.24) is 9.88 Å². The van der Waals surface area contributed by atoms with Gasteiger partial charge in [0.2, 0.25) is 5.91 Å². The number of carbonyl (C=O) groups is 1. The molecule has 1 aromatic carbocycles. The number of nitrogens with zero attached hydrogens (tertiary/aromatic N) is 2. The zero-order valence-electron chi connectivity index (χ0n) is 13.6. The highest BCUT2D eigenvalue weighted by Crippen LogP contribution is 2.42. The fourth-order valence-corrected chi connectivity index (χ4v) is 4.94. The van der Waals surface area contributed by atoms with E-state index in [2.05, 4.69) is 33.0 Å². The molecule has 2 aromatic rings. The molecule has 1 amide bonds. The molecule has 1 N–H and O–H groups in total. The van der Waals surface area contributed by atoms with Gasteiger partial charge in [0.25, 0.3) is 0 Å². The van der Waals surface area contributed by atoms with Gasteiger partial charge in [-0.05, 0) is 29.3 Å². The quantitative estimate of drug-likeness (QED) is 0.665. The molecule has 1 saturated heterocycles. The molecule has 1 aliphatic rings. The molecule has 2 heterocycles. The molecule has 7 heteroatoms. The van der Waals surface area contributed by atoms with Crippen LogP contribution >= 0.6 is 39.5 Å². The average Bonchev–Trinajstić information content (AvgIpc) is 3.00. The van der Waals surface area contributed by atoms with Gasteiger partial charge in [-0.2, -0.15) is 11.8 Å². The normalized spacial score (nSPS) is 17.3. The van der Waals surface area contributed by atoms with E-state index in [1.807, 2.05) is 29.3 Å². The van der Waals surface area contributed by atoms with Gasteiger partial charge in [-0.15, -0.1) is 11.8 Å². The van der Waals surface area contributed by atoms with Crippen LogP contribution in [0, 0.1) is 0 Å². The van der Waals surface area contributed by atoms with Crippen molar-refractivity contribution in [3.05, 3.63) is 52.8 Å². The molecular weight excluding hydrogens is 420 g/mol. The van der Waals surface area contributed by atoms with Crippen LogP contribution in [0.4, 0.5) is 0 Å². The van der Waals surface area contributed by atoms with E-state index in [-0.39, 0.29) is 17.9 Å². The number of hydrogen-bond acceptors (Lipinski definition) is 5. The van der Waals surface area contributed by atoms with E-state index in [0.29, 0.717) is 18.1 Å². The van der Waals surface area contributed by atoms with Crippen LogP contribution < -0.4 is 0 Å². The van der Waals surface area contributed by atoms with Gasteiger partial charge >= 0.3 is 0 Å². The van der Waals surface area contributed by atoms with Crippen molar-refractivity contribution in [1.29, 1.82) is 0 Å². The third-order valence-corrected chi connectivity index (χ3v) is 6.66. The Bertz CT molecular complexity index is 727. The fourth-order valence-electron chi connectivity index (χ4n) is 2.78. The number of aliphatic hydroxyl groups is 1. The first-order chi connectivity index (χ1) is 12.2. The lowest BCUT2D eigenvalue weighted by Gasteiger charge is -2.25. The molecule has 1 atom stereocenters. The molecule has 132 valence electrons. The average molecular weight is 439 g/mol. The lowest BCUT2D eigenvalue weighted by Crippen LogP contribution is -2.30. The molecule has 0 bridgehead atoms. The van der Waals surface area contributed by atoms with Gasteiger partial charge in [0.05, 0.1) is 12.4 Å². The maximum atomic E-state index is 12.3. The summed E-state index contributed by atoms with van der Waals surface area (Å²) < 4.78 is 1.04. The molecule has 1 fully saturated rings. The van der Waals surface area contributed by atoms with Crippen molar-refractivity contribution in [2.45, 2.75) is 5.37 Å². The van der Waals surface area contributed by atoms with E-state index in [1.165, 1.54) is 0 Å². The number of benzene rings is 1. The topological polar surface area (TPSA) is 53.4 Å². The van der Waals surface area contributed by atoms with Crippen LogP contribution in [-0.2, 0) is 4.79 Å². The van der Waals surface area contributed by atoms with Crippen LogP contribution in [0.1, 0.15) is 10.9 Å². The molecule has 1 unspecified atom stereocenters. The minimum absolute atomic E-state index is 0.00502. The van der Waals surface area contributed by atoms with E-state index < -0.39 is 0 Å². The van der Waals surface area contributed by atoms with Crippen LogP contribution in [-0.4, -0.2) is 51.3 Å². The lowest BCUT2D eigenvalue weighted by molar-refractivity contribution is -0.127. The van der Waals surface area contributed by atoms with Crippen LogP contribution in [0.2, 0.25) is 0 Å². The maximum Gasteiger partial charge on any atom is 0.233 e. The van der Waals surface area contributed by atoms with Crippen molar-refractivity contribution < 1.29 is 9.90 Å². The summed E-state index contributed by atoms with van der Waals surface area (Å²) in [5, 5.41) is 8.90. The summed E-state index contributed by atoms with van der Waals surface area (Å²) in [4.78, 5) is 18.6. The number of rotatable bonds is 7. The third kappa shape index (κ3) is 4.58. The number of aromatic nitrogens is 1. The summed E-state index contributed by atoms with van der Waals surface area (Å²) in [5.41, 5.74) is 3.31.